The highest BCUT2D eigenvalue weighted by molar-refractivity contribution is 5.90. The van der Waals surface area contributed by atoms with Crippen LogP contribution < -0.4 is 0 Å². The Bertz CT molecular complexity index is 877. The van der Waals surface area contributed by atoms with Crippen molar-refractivity contribution in [2.24, 2.45) is 0 Å². The third-order valence-electron chi connectivity index (χ3n) is 4.48. The van der Waals surface area contributed by atoms with Gasteiger partial charge < -0.3 is 39.7 Å². The van der Waals surface area contributed by atoms with Gasteiger partial charge in [-0.2, -0.15) is 0 Å². The molecule has 5 N–H and O–H groups in total. The molecule has 0 spiro atoms. The average Bonchev–Trinajstić information content (AvgIpc) is 2.74. The lowest BCUT2D eigenvalue weighted by molar-refractivity contribution is -0.285. The van der Waals surface area contributed by atoms with Crippen LogP contribution in [0.2, 0.25) is 0 Å². The second kappa shape index (κ2) is 9.09. The Balaban J connectivity index is 1.63. The second-order valence-corrected chi connectivity index (χ2v) is 6.61. The third-order valence-corrected chi connectivity index (χ3v) is 4.48. The van der Waals surface area contributed by atoms with E-state index in [2.05, 4.69) is 0 Å². The van der Waals surface area contributed by atoms with Crippen LogP contribution >= 0.6 is 0 Å². The average molecular weight is 420 g/mol. The van der Waals surface area contributed by atoms with Crippen molar-refractivity contribution in [1.82, 2.24) is 0 Å². The lowest BCUT2D eigenvalue weighted by atomic mass is 9.99. The molecule has 3 rings (SSSR count). The molecule has 1 saturated heterocycles. The van der Waals surface area contributed by atoms with Gasteiger partial charge in [0, 0.05) is 0 Å². The molecular weight excluding hydrogens is 400 g/mol. The number of rotatable bonds is 5. The number of aromatic hydroxyl groups is 2. The fourth-order valence-corrected chi connectivity index (χ4v) is 2.76. The van der Waals surface area contributed by atoms with Gasteiger partial charge in [-0.3, -0.25) is 0 Å². The predicted octanol–water partition coefficient (Wildman–Crippen LogP) is -0.0808. The number of hydrogen-bond acceptors (Lipinski definition) is 10. The van der Waals surface area contributed by atoms with E-state index in [1.807, 2.05) is 0 Å². The SMILES string of the molecule is O=C(OC[C@H]1O[C@@H](OC(=O)c2ccc(O)cc2)[C@H](O)[C@@H](O)[C@@H]1O)c1ccc(O)cc1. The van der Waals surface area contributed by atoms with E-state index in [0.29, 0.717) is 0 Å². The number of benzene rings is 2. The maximum absolute atomic E-state index is 12.2. The van der Waals surface area contributed by atoms with Crippen LogP contribution in [-0.4, -0.2) is 74.8 Å². The minimum atomic E-state index is -1.75. The Labute approximate surface area is 170 Å². The molecule has 0 aromatic heterocycles. The minimum Gasteiger partial charge on any atom is -0.508 e. The summed E-state index contributed by atoms with van der Waals surface area (Å²) in [6.45, 7) is -0.502. The molecule has 1 heterocycles. The molecule has 2 aromatic rings. The Morgan fingerprint density at radius 1 is 0.767 bits per heavy atom. The molecule has 0 aliphatic carbocycles. The van der Waals surface area contributed by atoms with Crippen LogP contribution in [0.5, 0.6) is 11.5 Å². The first kappa shape index (κ1) is 21.5. The number of phenolic OH excluding ortho intramolecular Hbond substituents is 2. The van der Waals surface area contributed by atoms with Crippen molar-refractivity contribution in [1.29, 1.82) is 0 Å². The summed E-state index contributed by atoms with van der Waals surface area (Å²) in [7, 11) is 0. The van der Waals surface area contributed by atoms with Gasteiger partial charge in [0.05, 0.1) is 11.1 Å². The smallest absolute Gasteiger partial charge is 0.340 e. The second-order valence-electron chi connectivity index (χ2n) is 6.61. The van der Waals surface area contributed by atoms with E-state index < -0.39 is 49.3 Å². The zero-order valence-electron chi connectivity index (χ0n) is 15.5. The first-order valence-corrected chi connectivity index (χ1v) is 8.92. The molecule has 5 atom stereocenters. The van der Waals surface area contributed by atoms with Crippen LogP contribution in [-0.2, 0) is 14.2 Å². The number of aliphatic hydroxyl groups excluding tert-OH is 3. The lowest BCUT2D eigenvalue weighted by Crippen LogP contribution is -2.59. The van der Waals surface area contributed by atoms with Crippen LogP contribution in [0.25, 0.3) is 0 Å². The van der Waals surface area contributed by atoms with E-state index in [1.54, 1.807) is 0 Å². The fourth-order valence-electron chi connectivity index (χ4n) is 2.76. The highest BCUT2D eigenvalue weighted by Gasteiger charge is 2.46. The Hall–Kier alpha value is -3.18. The minimum absolute atomic E-state index is 0.0343. The molecule has 0 bridgehead atoms. The van der Waals surface area contributed by atoms with Gasteiger partial charge in [0.15, 0.2) is 0 Å². The van der Waals surface area contributed by atoms with E-state index in [1.165, 1.54) is 48.5 Å². The van der Waals surface area contributed by atoms with E-state index >= 15 is 0 Å². The van der Waals surface area contributed by atoms with Crippen LogP contribution in [0.15, 0.2) is 48.5 Å². The van der Waals surface area contributed by atoms with E-state index in [9.17, 15) is 35.1 Å². The Morgan fingerprint density at radius 3 is 1.80 bits per heavy atom. The van der Waals surface area contributed by atoms with Gasteiger partial charge in [0.1, 0.15) is 42.5 Å². The zero-order chi connectivity index (χ0) is 21.8. The van der Waals surface area contributed by atoms with Gasteiger partial charge in [0.25, 0.3) is 0 Å². The molecular formula is C20H20O10. The van der Waals surface area contributed by atoms with E-state index in [4.69, 9.17) is 14.2 Å². The number of phenols is 2. The quantitative estimate of drug-likeness (QED) is 0.413. The van der Waals surface area contributed by atoms with Crippen LogP contribution in [0, 0.1) is 0 Å². The monoisotopic (exact) mass is 420 g/mol. The van der Waals surface area contributed by atoms with Crippen molar-refractivity contribution < 1.29 is 49.3 Å². The number of esters is 2. The first-order valence-electron chi connectivity index (χ1n) is 8.92. The topological polar surface area (TPSA) is 163 Å². The summed E-state index contributed by atoms with van der Waals surface area (Å²) in [6, 6.07) is 10.3. The fraction of sp³-hybridized carbons (Fsp3) is 0.300. The first-order chi connectivity index (χ1) is 14.3. The van der Waals surface area contributed by atoms with Crippen molar-refractivity contribution in [2.45, 2.75) is 30.7 Å². The molecule has 1 aliphatic heterocycles. The molecule has 0 unspecified atom stereocenters. The molecule has 2 aromatic carbocycles. The van der Waals surface area contributed by atoms with Crippen molar-refractivity contribution in [2.75, 3.05) is 6.61 Å². The predicted molar refractivity (Wildman–Crippen MR) is 98.6 cm³/mol. The van der Waals surface area contributed by atoms with E-state index in [-0.39, 0.29) is 22.6 Å². The highest BCUT2D eigenvalue weighted by atomic mass is 16.7. The normalized spacial score (nSPS) is 26.0. The summed E-state index contributed by atoms with van der Waals surface area (Å²) in [5.74, 6) is -1.77. The van der Waals surface area contributed by atoms with E-state index in [0.717, 1.165) is 0 Å². The standard InChI is InChI=1S/C20H20O10/c21-12-5-1-10(2-6-12)18(26)28-9-14-15(23)16(24)17(25)20(29-14)30-19(27)11-3-7-13(22)8-4-11/h1-8,14-17,20-25H,9H2/t14-,15-,16+,17-,20+/m1/s1. The number of carbonyl (C=O) groups is 2. The van der Waals surface area contributed by atoms with Gasteiger partial charge >= 0.3 is 11.9 Å². The highest BCUT2D eigenvalue weighted by Crippen LogP contribution is 2.24. The molecule has 10 heteroatoms. The third kappa shape index (κ3) is 4.86. The van der Waals surface area contributed by atoms with Gasteiger partial charge in [0.2, 0.25) is 6.29 Å². The molecule has 30 heavy (non-hydrogen) atoms. The number of aliphatic hydroxyl groups is 3. The van der Waals surface area contributed by atoms with Gasteiger partial charge in [-0.05, 0) is 48.5 Å². The maximum Gasteiger partial charge on any atom is 0.340 e. The molecule has 1 aliphatic rings. The summed E-state index contributed by atoms with van der Waals surface area (Å²) < 4.78 is 15.4. The van der Waals surface area contributed by atoms with Crippen molar-refractivity contribution in [3.8, 4) is 11.5 Å². The summed E-state index contributed by atoms with van der Waals surface area (Å²) in [6.07, 6.45) is -8.01. The van der Waals surface area contributed by atoms with Crippen LogP contribution in [0.3, 0.4) is 0 Å². The van der Waals surface area contributed by atoms with Crippen LogP contribution in [0.1, 0.15) is 20.7 Å². The molecule has 10 nitrogen and oxygen atoms in total. The number of hydrogen-bond donors (Lipinski definition) is 5. The molecule has 160 valence electrons. The summed E-state index contributed by atoms with van der Waals surface area (Å²) in [5.41, 5.74) is 0.188. The van der Waals surface area contributed by atoms with Crippen molar-refractivity contribution >= 4 is 11.9 Å². The largest absolute Gasteiger partial charge is 0.508 e. The van der Waals surface area contributed by atoms with Gasteiger partial charge in [-0.25, -0.2) is 9.59 Å². The molecule has 0 radical (unpaired) electrons. The Kier molecular flexibility index (Phi) is 6.53. The zero-order valence-corrected chi connectivity index (χ0v) is 15.5. The Morgan fingerprint density at radius 2 is 1.27 bits per heavy atom. The molecule has 1 fully saturated rings. The number of ether oxygens (including phenoxy) is 3. The van der Waals surface area contributed by atoms with Crippen LogP contribution in [0.4, 0.5) is 0 Å². The summed E-state index contributed by atoms with van der Waals surface area (Å²) in [5, 5.41) is 48.7. The summed E-state index contributed by atoms with van der Waals surface area (Å²) >= 11 is 0. The summed E-state index contributed by atoms with van der Waals surface area (Å²) in [4.78, 5) is 24.3. The molecule has 0 amide bonds. The molecule has 0 saturated carbocycles. The van der Waals surface area contributed by atoms with Gasteiger partial charge in [-0.15, -0.1) is 0 Å². The van der Waals surface area contributed by atoms with Crippen molar-refractivity contribution in [3.05, 3.63) is 59.7 Å². The number of carbonyl (C=O) groups excluding carboxylic acids is 2. The maximum atomic E-state index is 12.2. The lowest BCUT2D eigenvalue weighted by Gasteiger charge is -2.39. The van der Waals surface area contributed by atoms with Crippen molar-refractivity contribution in [3.63, 3.8) is 0 Å². The van der Waals surface area contributed by atoms with Gasteiger partial charge in [-0.1, -0.05) is 0 Å².